The van der Waals surface area contributed by atoms with Crippen LogP contribution in [0.4, 0.5) is 0 Å². The number of carbonyl (C=O) groups is 1. The summed E-state index contributed by atoms with van der Waals surface area (Å²) in [5.41, 5.74) is 0. The lowest BCUT2D eigenvalue weighted by Gasteiger charge is -2.26. The molecule has 1 aliphatic heterocycles. The maximum absolute atomic E-state index is 12.2. The first kappa shape index (κ1) is 15.1. The van der Waals surface area contributed by atoms with E-state index in [1.807, 2.05) is 24.3 Å². The van der Waals surface area contributed by atoms with Crippen molar-refractivity contribution in [1.82, 2.24) is 10.2 Å². The Morgan fingerprint density at radius 1 is 1.18 bits per heavy atom. The number of carbonyl (C=O) groups excluding carboxylic acids is 1. The summed E-state index contributed by atoms with van der Waals surface area (Å²) in [6.45, 7) is 5.46. The molecule has 5 nitrogen and oxygen atoms in total. The normalized spacial score (nSPS) is 16.0. The zero-order chi connectivity index (χ0) is 15.2. The average molecular weight is 302 g/mol. The van der Waals surface area contributed by atoms with Crippen LogP contribution in [-0.4, -0.2) is 50.2 Å². The van der Waals surface area contributed by atoms with Crippen LogP contribution in [0.3, 0.4) is 0 Å². The first-order valence-corrected chi connectivity index (χ1v) is 7.89. The van der Waals surface area contributed by atoms with Gasteiger partial charge < -0.3 is 14.5 Å². The second-order valence-electron chi connectivity index (χ2n) is 5.57. The molecule has 2 aromatic rings. The minimum Gasteiger partial charge on any atom is -0.458 e. The molecule has 0 saturated carbocycles. The van der Waals surface area contributed by atoms with Gasteiger partial charge in [-0.3, -0.25) is 9.69 Å². The Morgan fingerprint density at radius 2 is 2.00 bits per heavy atom. The van der Waals surface area contributed by atoms with Crippen molar-refractivity contribution >= 4 is 16.7 Å². The van der Waals surface area contributed by atoms with Gasteiger partial charge in [0.15, 0.2) is 5.76 Å². The van der Waals surface area contributed by atoms with Gasteiger partial charge in [0, 0.05) is 30.4 Å². The van der Waals surface area contributed by atoms with Crippen LogP contribution < -0.4 is 5.32 Å². The van der Waals surface area contributed by atoms with Crippen molar-refractivity contribution in [3.63, 3.8) is 0 Å². The van der Waals surface area contributed by atoms with E-state index in [4.69, 9.17) is 9.15 Å². The third-order valence-electron chi connectivity index (χ3n) is 4.01. The number of ether oxygens (including phenoxy) is 1. The highest BCUT2D eigenvalue weighted by Gasteiger charge is 2.14. The molecule has 3 rings (SSSR count). The lowest BCUT2D eigenvalue weighted by Crippen LogP contribution is -2.37. The van der Waals surface area contributed by atoms with Crippen LogP contribution in [0, 0.1) is 0 Å². The van der Waals surface area contributed by atoms with Crippen molar-refractivity contribution in [2.75, 3.05) is 39.4 Å². The summed E-state index contributed by atoms with van der Waals surface area (Å²) in [6.07, 6.45) is 3.68. The second-order valence-corrected chi connectivity index (χ2v) is 5.57. The molecule has 1 aromatic carbocycles. The van der Waals surface area contributed by atoms with Crippen LogP contribution in [0.2, 0.25) is 0 Å². The molecule has 1 N–H and O–H groups in total. The Bertz CT molecular complexity index is 617. The molecule has 118 valence electrons. The maximum Gasteiger partial charge on any atom is 0.287 e. The fraction of sp³-hybridized carbons (Fsp3) is 0.471. The van der Waals surface area contributed by atoms with Gasteiger partial charge in [-0.05, 0) is 19.4 Å². The molecule has 0 spiro atoms. The van der Waals surface area contributed by atoms with Gasteiger partial charge in [0.25, 0.3) is 5.91 Å². The Balaban J connectivity index is 1.41. The van der Waals surface area contributed by atoms with Crippen molar-refractivity contribution in [1.29, 1.82) is 0 Å². The van der Waals surface area contributed by atoms with Crippen LogP contribution in [0.15, 0.2) is 34.9 Å². The molecule has 1 aliphatic rings. The maximum atomic E-state index is 12.2. The standard InChI is InChI=1S/C17H22N2O3/c20-17(16-15-6-2-1-5-14(15)13-22-16)18-7-3-4-8-19-9-11-21-12-10-19/h1-2,5-6,13H,3-4,7-12H2,(H,18,20). The quantitative estimate of drug-likeness (QED) is 0.832. The number of furan rings is 1. The number of rotatable bonds is 6. The van der Waals surface area contributed by atoms with Crippen LogP contribution in [0.25, 0.3) is 10.8 Å². The fourth-order valence-corrected chi connectivity index (χ4v) is 2.74. The molecule has 0 radical (unpaired) electrons. The van der Waals surface area contributed by atoms with Crippen LogP contribution >= 0.6 is 0 Å². The lowest BCUT2D eigenvalue weighted by atomic mass is 10.2. The number of morpholine rings is 1. The van der Waals surface area contributed by atoms with E-state index in [9.17, 15) is 4.79 Å². The van der Waals surface area contributed by atoms with E-state index < -0.39 is 0 Å². The molecule has 0 bridgehead atoms. The summed E-state index contributed by atoms with van der Waals surface area (Å²) >= 11 is 0. The van der Waals surface area contributed by atoms with Gasteiger partial charge in [-0.25, -0.2) is 0 Å². The summed E-state index contributed by atoms with van der Waals surface area (Å²) < 4.78 is 10.7. The Hall–Kier alpha value is -1.85. The lowest BCUT2D eigenvalue weighted by molar-refractivity contribution is 0.0372. The highest BCUT2D eigenvalue weighted by molar-refractivity contribution is 6.04. The average Bonchev–Trinajstić information content (AvgIpc) is 2.99. The molecule has 0 aliphatic carbocycles. The van der Waals surface area contributed by atoms with E-state index in [1.54, 1.807) is 6.26 Å². The zero-order valence-electron chi connectivity index (χ0n) is 12.7. The van der Waals surface area contributed by atoms with Crippen molar-refractivity contribution in [2.24, 2.45) is 0 Å². The van der Waals surface area contributed by atoms with Gasteiger partial charge in [0.1, 0.15) is 0 Å². The van der Waals surface area contributed by atoms with E-state index in [0.29, 0.717) is 12.3 Å². The van der Waals surface area contributed by atoms with Gasteiger partial charge in [-0.15, -0.1) is 0 Å². The van der Waals surface area contributed by atoms with Gasteiger partial charge in [0.05, 0.1) is 19.5 Å². The number of hydrogen-bond donors (Lipinski definition) is 1. The summed E-state index contributed by atoms with van der Waals surface area (Å²) in [6, 6.07) is 7.70. The first-order chi connectivity index (χ1) is 10.8. The fourth-order valence-electron chi connectivity index (χ4n) is 2.74. The minimum atomic E-state index is -0.132. The summed E-state index contributed by atoms with van der Waals surface area (Å²) in [4.78, 5) is 14.6. The van der Waals surface area contributed by atoms with E-state index >= 15 is 0 Å². The van der Waals surface area contributed by atoms with Gasteiger partial charge in [-0.1, -0.05) is 24.3 Å². The van der Waals surface area contributed by atoms with E-state index in [2.05, 4.69) is 10.2 Å². The molecule has 0 unspecified atom stereocenters. The molecule has 1 saturated heterocycles. The Labute approximate surface area is 130 Å². The topological polar surface area (TPSA) is 54.7 Å². The highest BCUT2D eigenvalue weighted by Crippen LogP contribution is 2.20. The monoisotopic (exact) mass is 302 g/mol. The number of fused-ring (bicyclic) bond motifs is 1. The molecular formula is C17H22N2O3. The predicted molar refractivity (Wildman–Crippen MR) is 85.0 cm³/mol. The van der Waals surface area contributed by atoms with E-state index in [-0.39, 0.29) is 5.91 Å². The SMILES string of the molecule is O=C(NCCCCN1CCOCC1)c1occ2ccccc12. The van der Waals surface area contributed by atoms with Crippen LogP contribution in [-0.2, 0) is 4.74 Å². The molecule has 22 heavy (non-hydrogen) atoms. The van der Waals surface area contributed by atoms with Crippen molar-refractivity contribution in [2.45, 2.75) is 12.8 Å². The molecule has 5 heteroatoms. The van der Waals surface area contributed by atoms with Gasteiger partial charge in [0.2, 0.25) is 0 Å². The summed E-state index contributed by atoms with van der Waals surface area (Å²) in [7, 11) is 0. The number of unbranched alkanes of at least 4 members (excludes halogenated alkanes) is 1. The van der Waals surface area contributed by atoms with Crippen LogP contribution in [0.1, 0.15) is 23.4 Å². The highest BCUT2D eigenvalue weighted by atomic mass is 16.5. The van der Waals surface area contributed by atoms with Crippen molar-refractivity contribution < 1.29 is 13.9 Å². The zero-order valence-corrected chi connectivity index (χ0v) is 12.7. The molecule has 1 aromatic heterocycles. The Morgan fingerprint density at radius 3 is 2.86 bits per heavy atom. The number of hydrogen-bond acceptors (Lipinski definition) is 4. The summed E-state index contributed by atoms with van der Waals surface area (Å²) in [5, 5.41) is 4.77. The summed E-state index contributed by atoms with van der Waals surface area (Å²) in [5.74, 6) is 0.274. The predicted octanol–water partition coefficient (Wildman–Crippen LogP) is 2.28. The Kier molecular flexibility index (Phi) is 5.08. The largest absolute Gasteiger partial charge is 0.458 e. The molecule has 0 atom stereocenters. The number of nitrogens with zero attached hydrogens (tertiary/aromatic N) is 1. The van der Waals surface area contributed by atoms with E-state index in [1.165, 1.54) is 0 Å². The number of amides is 1. The number of benzene rings is 1. The first-order valence-electron chi connectivity index (χ1n) is 7.89. The van der Waals surface area contributed by atoms with E-state index in [0.717, 1.165) is 56.5 Å². The van der Waals surface area contributed by atoms with Gasteiger partial charge >= 0.3 is 0 Å². The molecule has 1 fully saturated rings. The van der Waals surface area contributed by atoms with Crippen molar-refractivity contribution in [3.8, 4) is 0 Å². The smallest absolute Gasteiger partial charge is 0.287 e. The minimum absolute atomic E-state index is 0.132. The van der Waals surface area contributed by atoms with Crippen LogP contribution in [0.5, 0.6) is 0 Å². The third-order valence-corrected chi connectivity index (χ3v) is 4.01. The van der Waals surface area contributed by atoms with Crippen molar-refractivity contribution in [3.05, 3.63) is 36.3 Å². The molecule has 1 amide bonds. The third kappa shape index (κ3) is 3.67. The van der Waals surface area contributed by atoms with Gasteiger partial charge in [-0.2, -0.15) is 0 Å². The number of nitrogens with one attached hydrogen (secondary N) is 1. The second kappa shape index (κ2) is 7.42. The molecule has 2 heterocycles. The molecular weight excluding hydrogens is 280 g/mol.